The molecule has 0 aliphatic rings. The maximum atomic E-state index is 9.30. The average molecular weight is 232 g/mol. The molecule has 0 N–H and O–H groups in total. The minimum absolute atomic E-state index is 0.781. The first kappa shape index (κ1) is 10.6. The van der Waals surface area contributed by atoms with E-state index in [9.17, 15) is 5.26 Å². The minimum Gasteiger partial charge on any atom is -0.251 e. The van der Waals surface area contributed by atoms with Crippen LogP contribution in [-0.2, 0) is 6.42 Å². The molecule has 2 aromatic carbocycles. The van der Waals surface area contributed by atoms with E-state index in [2.05, 4.69) is 24.4 Å². The Balaban J connectivity index is 2.10. The number of hydrogen-bond donors (Lipinski definition) is 0. The van der Waals surface area contributed by atoms with Crippen molar-refractivity contribution in [3.63, 3.8) is 0 Å². The van der Waals surface area contributed by atoms with Crippen molar-refractivity contribution in [3.05, 3.63) is 71.9 Å². The quantitative estimate of drug-likeness (QED) is 0.664. The maximum absolute atomic E-state index is 9.30. The number of para-hydroxylation sites is 1. The second-order valence-electron chi connectivity index (χ2n) is 4.29. The van der Waals surface area contributed by atoms with Gasteiger partial charge in [-0.1, -0.05) is 48.5 Å². The van der Waals surface area contributed by atoms with Crippen LogP contribution in [0.3, 0.4) is 0 Å². The van der Waals surface area contributed by atoms with Crippen molar-refractivity contribution in [3.8, 4) is 6.19 Å². The van der Waals surface area contributed by atoms with Crippen molar-refractivity contribution in [2.45, 2.75) is 6.42 Å². The Labute approximate surface area is 106 Å². The molecule has 3 aromatic rings. The van der Waals surface area contributed by atoms with Gasteiger partial charge in [0, 0.05) is 17.5 Å². The Morgan fingerprint density at radius 3 is 2.44 bits per heavy atom. The van der Waals surface area contributed by atoms with Crippen LogP contribution in [0.2, 0.25) is 0 Å². The van der Waals surface area contributed by atoms with Gasteiger partial charge in [-0.3, -0.25) is 4.57 Å². The number of rotatable bonds is 2. The van der Waals surface area contributed by atoms with Gasteiger partial charge in [0.25, 0.3) is 0 Å². The summed E-state index contributed by atoms with van der Waals surface area (Å²) in [6, 6.07) is 20.3. The van der Waals surface area contributed by atoms with Crippen LogP contribution in [0.1, 0.15) is 11.3 Å². The van der Waals surface area contributed by atoms with Gasteiger partial charge >= 0.3 is 0 Å². The summed E-state index contributed by atoms with van der Waals surface area (Å²) in [7, 11) is 0. The van der Waals surface area contributed by atoms with Crippen LogP contribution in [0.25, 0.3) is 10.9 Å². The van der Waals surface area contributed by atoms with Gasteiger partial charge in [-0.2, -0.15) is 5.26 Å². The van der Waals surface area contributed by atoms with Gasteiger partial charge in [0.05, 0.1) is 5.52 Å². The van der Waals surface area contributed by atoms with Gasteiger partial charge in [-0.25, -0.2) is 0 Å². The summed E-state index contributed by atoms with van der Waals surface area (Å²) in [5.74, 6) is 0. The van der Waals surface area contributed by atoms with E-state index in [1.54, 1.807) is 4.57 Å². The first-order valence-electron chi connectivity index (χ1n) is 5.92. The molecule has 0 atom stereocenters. The fourth-order valence-corrected chi connectivity index (χ4v) is 2.27. The molecule has 86 valence electrons. The molecule has 1 aromatic heterocycles. The highest BCUT2D eigenvalue weighted by molar-refractivity contribution is 5.82. The summed E-state index contributed by atoms with van der Waals surface area (Å²) in [5, 5.41) is 10.4. The van der Waals surface area contributed by atoms with Crippen LogP contribution in [0.4, 0.5) is 0 Å². The van der Waals surface area contributed by atoms with Crippen molar-refractivity contribution in [2.75, 3.05) is 0 Å². The van der Waals surface area contributed by atoms with Crippen molar-refractivity contribution >= 4 is 10.9 Å². The van der Waals surface area contributed by atoms with Crippen LogP contribution in [0.5, 0.6) is 0 Å². The molecule has 0 amide bonds. The maximum Gasteiger partial charge on any atom is 0.189 e. The summed E-state index contributed by atoms with van der Waals surface area (Å²) in [4.78, 5) is 0. The van der Waals surface area contributed by atoms with Crippen molar-refractivity contribution < 1.29 is 0 Å². The molecular weight excluding hydrogens is 220 g/mol. The molecule has 2 heteroatoms. The monoisotopic (exact) mass is 232 g/mol. The lowest BCUT2D eigenvalue weighted by molar-refractivity contribution is 1.000. The molecule has 1 heterocycles. The Morgan fingerprint density at radius 1 is 0.944 bits per heavy atom. The summed E-state index contributed by atoms with van der Waals surface area (Å²) in [6.45, 7) is 0. The van der Waals surface area contributed by atoms with Gasteiger partial charge in [0.15, 0.2) is 6.19 Å². The van der Waals surface area contributed by atoms with E-state index in [0.717, 1.165) is 23.0 Å². The van der Waals surface area contributed by atoms with Gasteiger partial charge < -0.3 is 0 Å². The molecule has 0 aliphatic carbocycles. The van der Waals surface area contributed by atoms with Crippen LogP contribution in [-0.4, -0.2) is 4.57 Å². The summed E-state index contributed by atoms with van der Waals surface area (Å²) in [6.07, 6.45) is 3.04. The van der Waals surface area contributed by atoms with Crippen molar-refractivity contribution in [1.29, 1.82) is 5.26 Å². The molecule has 0 fully saturated rings. The molecule has 0 saturated carbocycles. The molecular formula is C16H12N2. The molecule has 2 nitrogen and oxygen atoms in total. The Morgan fingerprint density at radius 2 is 1.67 bits per heavy atom. The highest BCUT2D eigenvalue weighted by atomic mass is 15.0. The van der Waals surface area contributed by atoms with Gasteiger partial charge in [0.2, 0.25) is 0 Å². The number of benzene rings is 2. The zero-order chi connectivity index (χ0) is 12.4. The SMILES string of the molecule is N#Cn1c(Cc2ccccc2)cc2ccccc21. The second-order valence-corrected chi connectivity index (χ2v) is 4.29. The number of nitrogens with zero attached hydrogens (tertiary/aromatic N) is 2. The highest BCUT2D eigenvalue weighted by Crippen LogP contribution is 2.21. The Hall–Kier alpha value is -2.53. The van der Waals surface area contributed by atoms with Crippen LogP contribution < -0.4 is 0 Å². The topological polar surface area (TPSA) is 28.7 Å². The predicted molar refractivity (Wildman–Crippen MR) is 72.2 cm³/mol. The largest absolute Gasteiger partial charge is 0.251 e. The highest BCUT2D eigenvalue weighted by Gasteiger charge is 2.08. The van der Waals surface area contributed by atoms with Gasteiger partial charge in [-0.05, 0) is 17.7 Å². The lowest BCUT2D eigenvalue weighted by Crippen LogP contribution is -1.97. The van der Waals surface area contributed by atoms with E-state index in [-0.39, 0.29) is 0 Å². The predicted octanol–water partition coefficient (Wildman–Crippen LogP) is 3.56. The fraction of sp³-hybridized carbons (Fsp3) is 0.0625. The standard InChI is InChI=1S/C16H12N2/c17-12-18-15(10-13-6-2-1-3-7-13)11-14-8-4-5-9-16(14)18/h1-9,11H,10H2. The molecule has 0 saturated heterocycles. The van der Waals surface area contributed by atoms with Gasteiger partial charge in [0.1, 0.15) is 0 Å². The van der Waals surface area contributed by atoms with Crippen LogP contribution >= 0.6 is 0 Å². The molecule has 0 bridgehead atoms. The third-order valence-corrected chi connectivity index (χ3v) is 3.12. The molecule has 18 heavy (non-hydrogen) atoms. The van der Waals surface area contributed by atoms with Crippen LogP contribution in [0.15, 0.2) is 60.7 Å². The molecule has 3 rings (SSSR count). The minimum atomic E-state index is 0.781. The van der Waals surface area contributed by atoms with E-state index in [1.807, 2.05) is 42.5 Å². The number of fused-ring (bicyclic) bond motifs is 1. The van der Waals surface area contributed by atoms with E-state index in [1.165, 1.54) is 5.56 Å². The van der Waals surface area contributed by atoms with E-state index >= 15 is 0 Å². The summed E-state index contributed by atoms with van der Waals surface area (Å²) < 4.78 is 1.71. The summed E-state index contributed by atoms with van der Waals surface area (Å²) >= 11 is 0. The molecule has 0 spiro atoms. The number of hydrogen-bond acceptors (Lipinski definition) is 1. The van der Waals surface area contributed by atoms with Crippen molar-refractivity contribution in [1.82, 2.24) is 4.57 Å². The van der Waals surface area contributed by atoms with E-state index < -0.39 is 0 Å². The van der Waals surface area contributed by atoms with E-state index in [4.69, 9.17) is 0 Å². The molecule has 0 radical (unpaired) electrons. The summed E-state index contributed by atoms with van der Waals surface area (Å²) in [5.41, 5.74) is 3.23. The molecule has 0 aliphatic heterocycles. The Kier molecular flexibility index (Phi) is 2.59. The zero-order valence-corrected chi connectivity index (χ0v) is 9.88. The third-order valence-electron chi connectivity index (χ3n) is 3.12. The van der Waals surface area contributed by atoms with Gasteiger partial charge in [-0.15, -0.1) is 0 Å². The smallest absolute Gasteiger partial charge is 0.189 e. The first-order chi connectivity index (χ1) is 8.88. The zero-order valence-electron chi connectivity index (χ0n) is 9.88. The first-order valence-corrected chi connectivity index (χ1v) is 5.92. The van der Waals surface area contributed by atoms with Crippen molar-refractivity contribution in [2.24, 2.45) is 0 Å². The van der Waals surface area contributed by atoms with Crippen LogP contribution in [0, 0.1) is 11.5 Å². The lowest BCUT2D eigenvalue weighted by Gasteiger charge is -2.01. The number of nitriles is 1. The average Bonchev–Trinajstić information content (AvgIpc) is 2.77. The Bertz CT molecular complexity index is 718. The fourth-order valence-electron chi connectivity index (χ4n) is 2.27. The lowest BCUT2D eigenvalue weighted by atomic mass is 10.1. The molecule has 0 unspecified atom stereocenters. The normalized spacial score (nSPS) is 10.4. The number of aromatic nitrogens is 1. The van der Waals surface area contributed by atoms with E-state index in [0.29, 0.717) is 0 Å². The second kappa shape index (κ2) is 4.38. The third kappa shape index (κ3) is 1.76.